The second-order valence-corrected chi connectivity index (χ2v) is 5.17. The maximum absolute atomic E-state index is 12.7. The topological polar surface area (TPSA) is 24.9 Å². The second kappa shape index (κ2) is 5.83. The maximum Gasteiger partial charge on any atom is 0.416 e. The first-order valence-electron chi connectivity index (χ1n) is 5.92. The van der Waals surface area contributed by atoms with E-state index in [2.05, 4.69) is 26.2 Å². The summed E-state index contributed by atoms with van der Waals surface area (Å²) in [5, 5.41) is 3.03. The summed E-state index contributed by atoms with van der Waals surface area (Å²) < 4.78 is 38.7. The summed E-state index contributed by atoms with van der Waals surface area (Å²) in [5.74, 6) is 0. The Balaban J connectivity index is 2.25. The fraction of sp³-hybridized carbons (Fsp3) is 0.214. The molecule has 2 aromatic rings. The largest absolute Gasteiger partial charge is 0.416 e. The lowest BCUT2D eigenvalue weighted by Crippen LogP contribution is -2.10. The summed E-state index contributed by atoms with van der Waals surface area (Å²) in [7, 11) is 0. The summed E-state index contributed by atoms with van der Waals surface area (Å²) in [6, 6.07) is 8.76. The van der Waals surface area contributed by atoms with Crippen LogP contribution in [0, 0.1) is 0 Å². The third-order valence-electron chi connectivity index (χ3n) is 2.80. The number of halogens is 4. The zero-order valence-corrected chi connectivity index (χ0v) is 12.2. The molecule has 2 nitrogen and oxygen atoms in total. The van der Waals surface area contributed by atoms with E-state index in [-0.39, 0.29) is 6.04 Å². The van der Waals surface area contributed by atoms with Gasteiger partial charge in [-0.15, -0.1) is 0 Å². The lowest BCUT2D eigenvalue weighted by atomic mass is 10.1. The van der Waals surface area contributed by atoms with Crippen LogP contribution in [0.25, 0.3) is 0 Å². The minimum Gasteiger partial charge on any atom is -0.376 e. The molecule has 0 aliphatic rings. The first-order valence-corrected chi connectivity index (χ1v) is 6.71. The van der Waals surface area contributed by atoms with E-state index in [1.54, 1.807) is 12.3 Å². The van der Waals surface area contributed by atoms with E-state index in [1.165, 1.54) is 6.07 Å². The van der Waals surface area contributed by atoms with Crippen LogP contribution in [0.1, 0.15) is 24.2 Å². The monoisotopic (exact) mass is 344 g/mol. The fourth-order valence-corrected chi connectivity index (χ4v) is 2.11. The van der Waals surface area contributed by atoms with E-state index in [9.17, 15) is 13.2 Å². The third-order valence-corrected chi connectivity index (χ3v) is 3.49. The molecule has 0 saturated carbocycles. The van der Waals surface area contributed by atoms with Gasteiger partial charge < -0.3 is 5.32 Å². The van der Waals surface area contributed by atoms with Crippen molar-refractivity contribution in [3.8, 4) is 0 Å². The highest BCUT2D eigenvalue weighted by Crippen LogP contribution is 2.35. The molecule has 20 heavy (non-hydrogen) atoms. The van der Waals surface area contributed by atoms with Crippen LogP contribution in [-0.4, -0.2) is 4.98 Å². The van der Waals surface area contributed by atoms with Crippen LogP contribution in [0.15, 0.2) is 47.1 Å². The molecule has 1 N–H and O–H groups in total. The van der Waals surface area contributed by atoms with Gasteiger partial charge in [-0.1, -0.05) is 6.07 Å². The number of rotatable bonds is 3. The molecule has 0 radical (unpaired) electrons. The van der Waals surface area contributed by atoms with Crippen LogP contribution in [-0.2, 0) is 6.18 Å². The van der Waals surface area contributed by atoms with Gasteiger partial charge in [0.15, 0.2) is 0 Å². The highest BCUT2D eigenvalue weighted by atomic mass is 79.9. The molecule has 1 aromatic carbocycles. The lowest BCUT2D eigenvalue weighted by molar-refractivity contribution is -0.137. The van der Waals surface area contributed by atoms with Crippen molar-refractivity contribution in [2.45, 2.75) is 19.1 Å². The average Bonchev–Trinajstić information content (AvgIpc) is 2.41. The van der Waals surface area contributed by atoms with Gasteiger partial charge in [0.1, 0.15) is 0 Å². The molecule has 1 atom stereocenters. The molecular formula is C14H12BrF3N2. The number of alkyl halides is 3. The number of nitrogens with one attached hydrogen (secondary N) is 1. The molecule has 0 aliphatic heterocycles. The van der Waals surface area contributed by atoms with E-state index < -0.39 is 11.7 Å². The van der Waals surface area contributed by atoms with Crippen LogP contribution in [0.2, 0.25) is 0 Å². The number of aromatic nitrogens is 1. The van der Waals surface area contributed by atoms with E-state index >= 15 is 0 Å². The van der Waals surface area contributed by atoms with Gasteiger partial charge in [0, 0.05) is 16.4 Å². The molecule has 0 fully saturated rings. The Morgan fingerprint density at radius 2 is 1.95 bits per heavy atom. The Bertz CT molecular complexity index is 585. The highest BCUT2D eigenvalue weighted by Gasteiger charge is 2.31. The quantitative estimate of drug-likeness (QED) is 0.843. The number of benzene rings is 1. The molecule has 106 valence electrons. The summed E-state index contributed by atoms with van der Waals surface area (Å²) >= 11 is 3.25. The molecule has 0 saturated heterocycles. The van der Waals surface area contributed by atoms with Crippen molar-refractivity contribution >= 4 is 21.6 Å². The molecule has 6 heteroatoms. The Morgan fingerprint density at radius 1 is 1.20 bits per heavy atom. The van der Waals surface area contributed by atoms with Crippen LogP contribution >= 0.6 is 15.9 Å². The summed E-state index contributed by atoms with van der Waals surface area (Å²) in [6.45, 7) is 1.84. The average molecular weight is 345 g/mol. The van der Waals surface area contributed by atoms with Crippen LogP contribution in [0.4, 0.5) is 18.9 Å². The Morgan fingerprint density at radius 3 is 2.55 bits per heavy atom. The van der Waals surface area contributed by atoms with Gasteiger partial charge in [-0.25, -0.2) is 0 Å². The predicted molar refractivity (Wildman–Crippen MR) is 75.4 cm³/mol. The number of anilines is 1. The van der Waals surface area contributed by atoms with Crippen molar-refractivity contribution in [3.05, 3.63) is 58.3 Å². The number of nitrogens with zero attached hydrogens (tertiary/aromatic N) is 1. The second-order valence-electron chi connectivity index (χ2n) is 4.31. The SMILES string of the molecule is CC(Nc1cc(C(F)(F)F)ccc1Br)c1ccccn1. The molecule has 1 unspecified atom stereocenters. The molecule has 1 aromatic heterocycles. The van der Waals surface area contributed by atoms with Gasteiger partial charge >= 0.3 is 6.18 Å². The lowest BCUT2D eigenvalue weighted by Gasteiger charge is -2.17. The first-order chi connectivity index (χ1) is 9.38. The zero-order chi connectivity index (χ0) is 14.8. The molecule has 0 spiro atoms. The minimum atomic E-state index is -4.36. The molecule has 0 amide bonds. The number of hydrogen-bond acceptors (Lipinski definition) is 2. The van der Waals surface area contributed by atoms with Crippen LogP contribution < -0.4 is 5.32 Å². The van der Waals surface area contributed by atoms with Gasteiger partial charge in [0.05, 0.1) is 17.3 Å². The van der Waals surface area contributed by atoms with E-state index in [4.69, 9.17) is 0 Å². The first kappa shape index (κ1) is 14.8. The Hall–Kier alpha value is -1.56. The van der Waals surface area contributed by atoms with Crippen molar-refractivity contribution in [2.24, 2.45) is 0 Å². The maximum atomic E-state index is 12.7. The third kappa shape index (κ3) is 3.50. The number of pyridine rings is 1. The normalized spacial score (nSPS) is 13.1. The van der Waals surface area contributed by atoms with E-state index in [0.717, 1.165) is 17.8 Å². The Labute approximate surface area is 123 Å². The van der Waals surface area contributed by atoms with Gasteiger partial charge in [-0.3, -0.25) is 4.98 Å². The standard InChI is InChI=1S/C14H12BrF3N2/c1-9(12-4-2-3-7-19-12)20-13-8-10(14(16,17)18)5-6-11(13)15/h2-9,20H,1H3. The Kier molecular flexibility index (Phi) is 4.32. The van der Waals surface area contributed by atoms with Crippen LogP contribution in [0.3, 0.4) is 0 Å². The fourth-order valence-electron chi connectivity index (χ4n) is 1.75. The summed E-state index contributed by atoms with van der Waals surface area (Å²) in [4.78, 5) is 4.18. The highest BCUT2D eigenvalue weighted by molar-refractivity contribution is 9.10. The van der Waals surface area contributed by atoms with E-state index in [0.29, 0.717) is 10.2 Å². The van der Waals surface area contributed by atoms with Gasteiger partial charge in [0.25, 0.3) is 0 Å². The van der Waals surface area contributed by atoms with Crippen molar-refractivity contribution in [3.63, 3.8) is 0 Å². The van der Waals surface area contributed by atoms with Crippen molar-refractivity contribution in [2.75, 3.05) is 5.32 Å². The molecule has 0 bridgehead atoms. The zero-order valence-electron chi connectivity index (χ0n) is 10.6. The van der Waals surface area contributed by atoms with Crippen molar-refractivity contribution < 1.29 is 13.2 Å². The molecule has 1 heterocycles. The van der Waals surface area contributed by atoms with E-state index in [1.807, 2.05) is 19.1 Å². The smallest absolute Gasteiger partial charge is 0.376 e. The predicted octanol–water partition coefficient (Wildman–Crippen LogP) is 5.04. The minimum absolute atomic E-state index is 0.198. The van der Waals surface area contributed by atoms with Crippen molar-refractivity contribution in [1.82, 2.24) is 4.98 Å². The molecule has 0 aliphatic carbocycles. The number of hydrogen-bond donors (Lipinski definition) is 1. The molecular weight excluding hydrogens is 333 g/mol. The van der Waals surface area contributed by atoms with Gasteiger partial charge in [-0.05, 0) is 53.2 Å². The van der Waals surface area contributed by atoms with Gasteiger partial charge in [0.2, 0.25) is 0 Å². The van der Waals surface area contributed by atoms with Crippen LogP contribution in [0.5, 0.6) is 0 Å². The summed E-state index contributed by atoms with van der Waals surface area (Å²) in [6.07, 6.45) is -2.71. The molecule has 2 rings (SSSR count). The van der Waals surface area contributed by atoms with Crippen molar-refractivity contribution in [1.29, 1.82) is 0 Å². The van der Waals surface area contributed by atoms with Gasteiger partial charge in [-0.2, -0.15) is 13.2 Å². The summed E-state index contributed by atoms with van der Waals surface area (Å²) in [5.41, 5.74) is 0.464.